The zero-order valence-electron chi connectivity index (χ0n) is 14.7. The first-order valence-corrected chi connectivity index (χ1v) is 9.09. The largest absolute Gasteiger partial charge is 0.482 e. The van der Waals surface area contributed by atoms with Crippen LogP contribution in [-0.2, 0) is 14.4 Å². The summed E-state index contributed by atoms with van der Waals surface area (Å²) < 4.78 is 5.42. The molecule has 1 N–H and O–H groups in total. The van der Waals surface area contributed by atoms with E-state index in [9.17, 15) is 14.4 Å². The van der Waals surface area contributed by atoms with Crippen LogP contribution in [0, 0.1) is 0 Å². The van der Waals surface area contributed by atoms with Gasteiger partial charge in [-0.15, -0.1) is 0 Å². The van der Waals surface area contributed by atoms with Gasteiger partial charge in [-0.1, -0.05) is 12.1 Å². The van der Waals surface area contributed by atoms with Gasteiger partial charge in [-0.05, 0) is 37.8 Å². The van der Waals surface area contributed by atoms with Crippen LogP contribution in [0.25, 0.3) is 0 Å². The van der Waals surface area contributed by atoms with Crippen molar-refractivity contribution in [2.24, 2.45) is 0 Å². The quantitative estimate of drug-likeness (QED) is 0.839. The van der Waals surface area contributed by atoms with Gasteiger partial charge in [0.25, 0.3) is 5.91 Å². The number of para-hydroxylation sites is 2. The van der Waals surface area contributed by atoms with Crippen LogP contribution in [0.1, 0.15) is 38.5 Å². The number of anilines is 1. The van der Waals surface area contributed by atoms with Crippen LogP contribution < -0.4 is 9.64 Å². The highest BCUT2D eigenvalue weighted by Crippen LogP contribution is 2.31. The average Bonchev–Trinajstić information content (AvgIpc) is 2.65. The number of carboxylic acid groups (broad SMARTS) is 1. The molecule has 2 amide bonds. The molecule has 1 saturated heterocycles. The number of nitrogens with zero attached hydrogens (tertiary/aromatic N) is 2. The normalized spacial score (nSPS) is 19.7. The fourth-order valence-corrected chi connectivity index (χ4v) is 3.67. The first kappa shape index (κ1) is 18.2. The summed E-state index contributed by atoms with van der Waals surface area (Å²) in [7, 11) is 0. The fraction of sp³-hybridized carbons (Fsp3) is 0.526. The summed E-state index contributed by atoms with van der Waals surface area (Å²) >= 11 is 0. The van der Waals surface area contributed by atoms with Crippen molar-refractivity contribution in [2.75, 3.05) is 24.6 Å². The van der Waals surface area contributed by atoms with Crippen molar-refractivity contribution < 1.29 is 24.2 Å². The van der Waals surface area contributed by atoms with Crippen LogP contribution in [0.5, 0.6) is 5.75 Å². The molecule has 3 rings (SSSR count). The Kier molecular flexibility index (Phi) is 5.75. The smallest absolute Gasteiger partial charge is 0.303 e. The molecule has 1 unspecified atom stereocenters. The van der Waals surface area contributed by atoms with E-state index < -0.39 is 5.97 Å². The number of ether oxygens (including phenoxy) is 1. The number of likely N-dealkylation sites (tertiary alicyclic amines) is 1. The van der Waals surface area contributed by atoms with E-state index in [-0.39, 0.29) is 37.3 Å². The lowest BCUT2D eigenvalue weighted by molar-refractivity contribution is -0.140. The molecular weight excluding hydrogens is 336 g/mol. The van der Waals surface area contributed by atoms with Crippen LogP contribution in [0.3, 0.4) is 0 Å². The monoisotopic (exact) mass is 360 g/mol. The molecule has 0 aliphatic carbocycles. The Morgan fingerprint density at radius 2 is 2.00 bits per heavy atom. The van der Waals surface area contributed by atoms with Gasteiger partial charge in [0.15, 0.2) is 6.61 Å². The Bertz CT molecular complexity index is 690. The second-order valence-corrected chi connectivity index (χ2v) is 6.72. The van der Waals surface area contributed by atoms with Crippen LogP contribution in [-0.4, -0.2) is 53.5 Å². The van der Waals surface area contributed by atoms with E-state index in [2.05, 4.69) is 0 Å². The third kappa shape index (κ3) is 4.15. The SMILES string of the molecule is O=C(O)CCC1CCCCN1C(=O)CCN1C(=O)COc2ccccc21. The van der Waals surface area contributed by atoms with E-state index in [0.717, 1.165) is 19.3 Å². The van der Waals surface area contributed by atoms with Gasteiger partial charge in [-0.2, -0.15) is 0 Å². The first-order chi connectivity index (χ1) is 12.6. The Hall–Kier alpha value is -2.57. The molecule has 0 saturated carbocycles. The Morgan fingerprint density at radius 3 is 2.81 bits per heavy atom. The minimum Gasteiger partial charge on any atom is -0.482 e. The molecule has 1 aromatic carbocycles. The standard InChI is InChI=1S/C19H24N2O5/c22-17(20-11-4-3-5-14(20)8-9-19(24)25)10-12-21-15-6-1-2-7-16(15)26-13-18(21)23/h1-2,6-7,14H,3-5,8-13H2,(H,24,25). The van der Waals surface area contributed by atoms with E-state index in [4.69, 9.17) is 9.84 Å². The van der Waals surface area contributed by atoms with Crippen LogP contribution in [0.2, 0.25) is 0 Å². The molecular formula is C19H24N2O5. The van der Waals surface area contributed by atoms with Crippen molar-refractivity contribution in [2.45, 2.75) is 44.6 Å². The number of piperidine rings is 1. The Labute approximate surface area is 152 Å². The average molecular weight is 360 g/mol. The lowest BCUT2D eigenvalue weighted by atomic mass is 9.97. The molecule has 0 aromatic heterocycles. The van der Waals surface area contributed by atoms with Gasteiger partial charge in [0, 0.05) is 32.0 Å². The molecule has 0 radical (unpaired) electrons. The third-order valence-electron chi connectivity index (χ3n) is 5.00. The number of hydrogen-bond acceptors (Lipinski definition) is 4. The third-order valence-corrected chi connectivity index (χ3v) is 5.00. The highest BCUT2D eigenvalue weighted by atomic mass is 16.5. The van der Waals surface area contributed by atoms with Gasteiger partial charge in [0.1, 0.15) is 5.75 Å². The van der Waals surface area contributed by atoms with Crippen molar-refractivity contribution in [1.29, 1.82) is 0 Å². The number of rotatable bonds is 6. The summed E-state index contributed by atoms with van der Waals surface area (Å²) in [5, 5.41) is 8.91. The molecule has 7 nitrogen and oxygen atoms in total. The van der Waals surface area contributed by atoms with E-state index in [1.807, 2.05) is 29.2 Å². The van der Waals surface area contributed by atoms with Crippen molar-refractivity contribution >= 4 is 23.5 Å². The van der Waals surface area contributed by atoms with Gasteiger partial charge in [0.2, 0.25) is 5.91 Å². The van der Waals surface area contributed by atoms with Crippen molar-refractivity contribution in [3.63, 3.8) is 0 Å². The number of aliphatic carboxylic acids is 1. The van der Waals surface area contributed by atoms with Gasteiger partial charge in [-0.25, -0.2) is 0 Å². The van der Waals surface area contributed by atoms with Crippen LogP contribution in [0.4, 0.5) is 5.69 Å². The number of carboxylic acids is 1. The lowest BCUT2D eigenvalue weighted by Crippen LogP contribution is -2.46. The highest BCUT2D eigenvalue weighted by Gasteiger charge is 2.29. The predicted octanol–water partition coefficient (Wildman–Crippen LogP) is 2.05. The van der Waals surface area contributed by atoms with Crippen LogP contribution in [0.15, 0.2) is 24.3 Å². The Morgan fingerprint density at radius 1 is 1.19 bits per heavy atom. The molecule has 1 aromatic rings. The molecule has 2 heterocycles. The summed E-state index contributed by atoms with van der Waals surface area (Å²) in [6.45, 7) is 0.951. The van der Waals surface area contributed by atoms with Crippen molar-refractivity contribution in [3.05, 3.63) is 24.3 Å². The summed E-state index contributed by atoms with van der Waals surface area (Å²) in [4.78, 5) is 39.2. The molecule has 0 bridgehead atoms. The summed E-state index contributed by atoms with van der Waals surface area (Å²) in [6, 6.07) is 7.29. The predicted molar refractivity (Wildman–Crippen MR) is 95.1 cm³/mol. The Balaban J connectivity index is 1.62. The maximum absolute atomic E-state index is 12.7. The van der Waals surface area contributed by atoms with Crippen molar-refractivity contribution in [3.8, 4) is 5.75 Å². The van der Waals surface area contributed by atoms with E-state index in [1.54, 1.807) is 4.90 Å². The number of amides is 2. The number of carbonyl (C=O) groups is 3. The zero-order chi connectivity index (χ0) is 18.5. The maximum atomic E-state index is 12.7. The molecule has 0 spiro atoms. The highest BCUT2D eigenvalue weighted by molar-refractivity contribution is 5.98. The van der Waals surface area contributed by atoms with Gasteiger partial charge in [-0.3, -0.25) is 14.4 Å². The summed E-state index contributed by atoms with van der Waals surface area (Å²) in [5.74, 6) is -0.357. The topological polar surface area (TPSA) is 87.2 Å². The summed E-state index contributed by atoms with van der Waals surface area (Å²) in [5.41, 5.74) is 0.692. The number of fused-ring (bicyclic) bond motifs is 1. The van der Waals surface area contributed by atoms with Gasteiger partial charge in [0.05, 0.1) is 5.69 Å². The lowest BCUT2D eigenvalue weighted by Gasteiger charge is -2.36. The fourth-order valence-electron chi connectivity index (χ4n) is 3.67. The minimum absolute atomic E-state index is 0.0139. The zero-order valence-corrected chi connectivity index (χ0v) is 14.7. The molecule has 1 fully saturated rings. The first-order valence-electron chi connectivity index (χ1n) is 9.09. The second-order valence-electron chi connectivity index (χ2n) is 6.72. The molecule has 140 valence electrons. The number of benzene rings is 1. The van der Waals surface area contributed by atoms with Gasteiger partial charge >= 0.3 is 5.97 Å². The maximum Gasteiger partial charge on any atom is 0.303 e. The van der Waals surface area contributed by atoms with E-state index in [1.165, 1.54) is 0 Å². The molecule has 7 heteroatoms. The van der Waals surface area contributed by atoms with Crippen molar-refractivity contribution in [1.82, 2.24) is 4.90 Å². The minimum atomic E-state index is -0.835. The second kappa shape index (κ2) is 8.21. The molecule has 2 aliphatic heterocycles. The number of hydrogen-bond donors (Lipinski definition) is 1. The molecule has 26 heavy (non-hydrogen) atoms. The molecule has 2 aliphatic rings. The van der Waals surface area contributed by atoms with E-state index in [0.29, 0.717) is 30.9 Å². The molecule has 1 atom stereocenters. The van der Waals surface area contributed by atoms with Crippen LogP contribution >= 0.6 is 0 Å². The van der Waals surface area contributed by atoms with Gasteiger partial charge < -0.3 is 19.6 Å². The van der Waals surface area contributed by atoms with E-state index >= 15 is 0 Å². The number of carbonyl (C=O) groups excluding carboxylic acids is 2. The summed E-state index contributed by atoms with van der Waals surface area (Å²) in [6.07, 6.45) is 3.59.